The molecule has 5 nitrogen and oxygen atoms in total. The molecule has 0 bridgehead atoms. The van der Waals surface area contributed by atoms with E-state index in [4.69, 9.17) is 4.74 Å². The minimum atomic E-state index is -0.453. The summed E-state index contributed by atoms with van der Waals surface area (Å²) < 4.78 is 5.44. The zero-order chi connectivity index (χ0) is 17.3. The van der Waals surface area contributed by atoms with Gasteiger partial charge in [-0.2, -0.15) is 0 Å². The summed E-state index contributed by atoms with van der Waals surface area (Å²) in [5.74, 6) is 0. The monoisotopic (exact) mass is 327 g/mol. The van der Waals surface area contributed by atoms with Crippen LogP contribution in [0.5, 0.6) is 0 Å². The molecule has 5 heteroatoms. The molecule has 1 aromatic carbocycles. The van der Waals surface area contributed by atoms with Gasteiger partial charge in [0.25, 0.3) is 0 Å². The van der Waals surface area contributed by atoms with Crippen LogP contribution < -0.4 is 5.32 Å². The van der Waals surface area contributed by atoms with Crippen LogP contribution in [0.25, 0.3) is 10.9 Å². The third-order valence-electron chi connectivity index (χ3n) is 4.03. The predicted molar refractivity (Wildman–Crippen MR) is 96.3 cm³/mol. The molecule has 24 heavy (non-hydrogen) atoms. The van der Waals surface area contributed by atoms with Gasteiger partial charge in [-0.05, 0) is 63.9 Å². The van der Waals surface area contributed by atoms with Crippen molar-refractivity contribution in [1.29, 1.82) is 0 Å². The van der Waals surface area contributed by atoms with E-state index in [1.165, 1.54) is 0 Å². The molecule has 1 aliphatic rings. The molecule has 0 spiro atoms. The Kier molecular flexibility index (Phi) is 4.35. The molecule has 128 valence electrons. The van der Waals surface area contributed by atoms with Gasteiger partial charge in [0.2, 0.25) is 0 Å². The maximum absolute atomic E-state index is 12.1. The number of aromatic nitrogens is 1. The standard InChI is InChI=1S/C19H25N3O2/c1-13-9-14-10-15(5-6-17(14)20-11-13)21-16-7-8-22(12-16)18(23)24-19(2,3)4/h5-6,9-11,16,21H,7-8,12H2,1-4H3/t16-/m1/s1. The van der Waals surface area contributed by atoms with Crippen molar-refractivity contribution in [2.45, 2.75) is 45.8 Å². The second-order valence-corrected chi connectivity index (χ2v) is 7.48. The highest BCUT2D eigenvalue weighted by Gasteiger charge is 2.29. The highest BCUT2D eigenvalue weighted by atomic mass is 16.6. The fourth-order valence-corrected chi connectivity index (χ4v) is 2.94. The number of anilines is 1. The summed E-state index contributed by atoms with van der Waals surface area (Å²) in [6, 6.07) is 8.56. The van der Waals surface area contributed by atoms with Crippen molar-refractivity contribution in [3.05, 3.63) is 36.0 Å². The van der Waals surface area contributed by atoms with Crippen LogP contribution in [0.4, 0.5) is 10.5 Å². The van der Waals surface area contributed by atoms with Gasteiger partial charge in [0.1, 0.15) is 5.60 Å². The fourth-order valence-electron chi connectivity index (χ4n) is 2.94. The Balaban J connectivity index is 1.64. The van der Waals surface area contributed by atoms with E-state index >= 15 is 0 Å². The normalized spacial score (nSPS) is 18.0. The van der Waals surface area contributed by atoms with Crippen molar-refractivity contribution in [2.24, 2.45) is 0 Å². The third kappa shape index (κ3) is 3.96. The maximum atomic E-state index is 12.1. The lowest BCUT2D eigenvalue weighted by Gasteiger charge is -2.24. The van der Waals surface area contributed by atoms with Crippen LogP contribution in [-0.2, 0) is 4.74 Å². The number of hydrogen-bond donors (Lipinski definition) is 1. The zero-order valence-corrected chi connectivity index (χ0v) is 14.8. The van der Waals surface area contributed by atoms with Crippen molar-refractivity contribution in [3.63, 3.8) is 0 Å². The first-order valence-corrected chi connectivity index (χ1v) is 8.41. The molecule has 0 saturated carbocycles. The Hall–Kier alpha value is -2.30. The van der Waals surface area contributed by atoms with Gasteiger partial charge in [0.05, 0.1) is 5.52 Å². The molecule has 1 aliphatic heterocycles. The van der Waals surface area contributed by atoms with Crippen LogP contribution in [-0.4, -0.2) is 40.7 Å². The summed E-state index contributed by atoms with van der Waals surface area (Å²) >= 11 is 0. The highest BCUT2D eigenvalue weighted by molar-refractivity contribution is 5.82. The van der Waals surface area contributed by atoms with Crippen LogP contribution in [0, 0.1) is 6.92 Å². The quantitative estimate of drug-likeness (QED) is 0.907. The largest absolute Gasteiger partial charge is 0.444 e. The minimum Gasteiger partial charge on any atom is -0.444 e. The summed E-state index contributed by atoms with van der Waals surface area (Å²) in [4.78, 5) is 18.3. The van der Waals surface area contributed by atoms with Crippen LogP contribution in [0.3, 0.4) is 0 Å². The summed E-state index contributed by atoms with van der Waals surface area (Å²) in [7, 11) is 0. The summed E-state index contributed by atoms with van der Waals surface area (Å²) in [5, 5.41) is 4.65. The van der Waals surface area contributed by atoms with E-state index in [2.05, 4.69) is 22.4 Å². The smallest absolute Gasteiger partial charge is 0.410 e. The molecule has 0 aliphatic carbocycles. The number of carbonyl (C=O) groups excluding carboxylic acids is 1. The molecule has 1 fully saturated rings. The molecular formula is C19H25N3O2. The van der Waals surface area contributed by atoms with Crippen molar-refractivity contribution in [2.75, 3.05) is 18.4 Å². The second-order valence-electron chi connectivity index (χ2n) is 7.48. The number of likely N-dealkylation sites (tertiary alicyclic amines) is 1. The van der Waals surface area contributed by atoms with Gasteiger partial charge in [-0.25, -0.2) is 4.79 Å². The Bertz CT molecular complexity index is 752. The zero-order valence-electron chi connectivity index (χ0n) is 14.8. The van der Waals surface area contributed by atoms with Crippen LogP contribution in [0.1, 0.15) is 32.8 Å². The van der Waals surface area contributed by atoms with Gasteiger partial charge in [-0.1, -0.05) is 0 Å². The molecular weight excluding hydrogens is 302 g/mol. The van der Waals surface area contributed by atoms with Gasteiger partial charge in [0.15, 0.2) is 0 Å². The average Bonchev–Trinajstić information content (AvgIpc) is 2.94. The van der Waals surface area contributed by atoms with Gasteiger partial charge >= 0.3 is 6.09 Å². The van der Waals surface area contributed by atoms with Crippen molar-refractivity contribution in [1.82, 2.24) is 9.88 Å². The lowest BCUT2D eigenvalue weighted by atomic mass is 10.1. The molecule has 2 aromatic rings. The number of hydrogen-bond acceptors (Lipinski definition) is 4. The van der Waals surface area contributed by atoms with Crippen LogP contribution >= 0.6 is 0 Å². The van der Waals surface area contributed by atoms with E-state index in [0.29, 0.717) is 6.54 Å². The Labute approximate surface area is 143 Å². The van der Waals surface area contributed by atoms with E-state index < -0.39 is 5.60 Å². The molecule has 1 N–H and O–H groups in total. The van der Waals surface area contributed by atoms with E-state index in [1.807, 2.05) is 46.0 Å². The maximum Gasteiger partial charge on any atom is 0.410 e. The number of nitrogens with zero attached hydrogens (tertiary/aromatic N) is 2. The van der Waals surface area contributed by atoms with Crippen molar-refractivity contribution < 1.29 is 9.53 Å². The summed E-state index contributed by atoms with van der Waals surface area (Å²) in [5.41, 5.74) is 2.75. The molecule has 3 rings (SSSR count). The van der Waals surface area contributed by atoms with Crippen molar-refractivity contribution >= 4 is 22.7 Å². The molecule has 1 atom stereocenters. The van der Waals surface area contributed by atoms with E-state index in [9.17, 15) is 4.79 Å². The van der Waals surface area contributed by atoms with E-state index in [1.54, 1.807) is 4.90 Å². The van der Waals surface area contributed by atoms with E-state index in [-0.39, 0.29) is 12.1 Å². The number of benzene rings is 1. The van der Waals surface area contributed by atoms with Gasteiger partial charge in [-0.3, -0.25) is 4.98 Å². The van der Waals surface area contributed by atoms with Crippen LogP contribution in [0.15, 0.2) is 30.5 Å². The molecule has 2 heterocycles. The van der Waals surface area contributed by atoms with Crippen molar-refractivity contribution in [3.8, 4) is 0 Å². The van der Waals surface area contributed by atoms with Crippen LogP contribution in [0.2, 0.25) is 0 Å². The first kappa shape index (κ1) is 16.6. The first-order chi connectivity index (χ1) is 11.3. The molecule has 0 radical (unpaired) electrons. The predicted octanol–water partition coefficient (Wildman–Crippen LogP) is 3.96. The van der Waals surface area contributed by atoms with Gasteiger partial charge in [0, 0.05) is 36.4 Å². The first-order valence-electron chi connectivity index (χ1n) is 8.41. The SMILES string of the molecule is Cc1cnc2ccc(N[C@@H]3CCN(C(=O)OC(C)(C)C)C3)cc2c1. The number of carbonyl (C=O) groups is 1. The molecule has 1 amide bonds. The molecule has 1 saturated heterocycles. The number of aryl methyl sites for hydroxylation is 1. The topological polar surface area (TPSA) is 54.5 Å². The van der Waals surface area contributed by atoms with E-state index in [0.717, 1.165) is 35.1 Å². The summed E-state index contributed by atoms with van der Waals surface area (Å²) in [6.45, 7) is 9.10. The molecule has 1 aromatic heterocycles. The lowest BCUT2D eigenvalue weighted by molar-refractivity contribution is 0.0293. The van der Waals surface area contributed by atoms with Gasteiger partial charge < -0.3 is 15.0 Å². The molecule has 0 unspecified atom stereocenters. The number of rotatable bonds is 2. The number of amides is 1. The third-order valence-corrected chi connectivity index (χ3v) is 4.03. The Morgan fingerprint density at radius 3 is 2.88 bits per heavy atom. The summed E-state index contributed by atoms with van der Waals surface area (Å²) in [6.07, 6.45) is 2.57. The highest BCUT2D eigenvalue weighted by Crippen LogP contribution is 2.22. The van der Waals surface area contributed by atoms with Gasteiger partial charge in [-0.15, -0.1) is 0 Å². The number of fused-ring (bicyclic) bond motifs is 1. The Morgan fingerprint density at radius 1 is 1.33 bits per heavy atom. The fraction of sp³-hybridized carbons (Fsp3) is 0.474. The number of ether oxygens (including phenoxy) is 1. The number of pyridine rings is 1. The number of nitrogens with one attached hydrogen (secondary N) is 1. The second kappa shape index (κ2) is 6.30. The lowest BCUT2D eigenvalue weighted by Crippen LogP contribution is -2.36. The Morgan fingerprint density at radius 2 is 2.12 bits per heavy atom. The average molecular weight is 327 g/mol. The minimum absolute atomic E-state index is 0.231.